The molecule has 4 rings (SSSR count). The Labute approximate surface area is 154 Å². The standard InChI is InChI=1S/C19H18N4O4/c1-3-23-16-9-4-12(10-15(16)20-19(23)24)18-21-17(27-22-18)11-26-14-7-5-13(25-2)6-8-14/h4-10H,3,11H2,1-2H3,(H,20,24). The molecule has 0 aliphatic heterocycles. The first-order chi connectivity index (χ1) is 13.2. The van der Waals surface area contributed by atoms with Crippen molar-refractivity contribution in [3.63, 3.8) is 0 Å². The number of benzene rings is 2. The molecule has 0 saturated heterocycles. The van der Waals surface area contributed by atoms with Gasteiger partial charge in [0.15, 0.2) is 6.61 Å². The number of hydrogen-bond donors (Lipinski definition) is 1. The summed E-state index contributed by atoms with van der Waals surface area (Å²) in [5.41, 5.74) is 2.20. The fourth-order valence-electron chi connectivity index (χ4n) is 2.86. The van der Waals surface area contributed by atoms with Crippen molar-refractivity contribution in [2.24, 2.45) is 0 Å². The van der Waals surface area contributed by atoms with Crippen LogP contribution in [0.1, 0.15) is 12.8 Å². The number of rotatable bonds is 6. The van der Waals surface area contributed by atoms with Gasteiger partial charge in [-0.15, -0.1) is 0 Å². The number of aryl methyl sites for hydroxylation is 1. The highest BCUT2D eigenvalue weighted by atomic mass is 16.5. The second kappa shape index (κ2) is 6.99. The molecule has 0 radical (unpaired) electrons. The van der Waals surface area contributed by atoms with Gasteiger partial charge in [0.2, 0.25) is 5.82 Å². The lowest BCUT2D eigenvalue weighted by Crippen LogP contribution is -2.14. The molecule has 0 aliphatic carbocycles. The lowest BCUT2D eigenvalue weighted by Gasteiger charge is -2.04. The molecule has 0 atom stereocenters. The molecular weight excluding hydrogens is 348 g/mol. The van der Waals surface area contributed by atoms with Crippen molar-refractivity contribution in [1.29, 1.82) is 0 Å². The van der Waals surface area contributed by atoms with Crippen molar-refractivity contribution < 1.29 is 14.0 Å². The Morgan fingerprint density at radius 3 is 2.67 bits per heavy atom. The molecule has 1 N–H and O–H groups in total. The highest BCUT2D eigenvalue weighted by Crippen LogP contribution is 2.22. The van der Waals surface area contributed by atoms with Crippen molar-refractivity contribution in [2.45, 2.75) is 20.1 Å². The predicted molar refractivity (Wildman–Crippen MR) is 98.9 cm³/mol. The number of ether oxygens (including phenoxy) is 2. The van der Waals surface area contributed by atoms with Crippen molar-refractivity contribution >= 4 is 11.0 Å². The van der Waals surface area contributed by atoms with Crippen LogP contribution in [0.25, 0.3) is 22.4 Å². The Morgan fingerprint density at radius 1 is 1.15 bits per heavy atom. The molecule has 0 amide bonds. The maximum Gasteiger partial charge on any atom is 0.326 e. The number of imidazole rings is 1. The van der Waals surface area contributed by atoms with Crippen molar-refractivity contribution in [3.8, 4) is 22.9 Å². The van der Waals surface area contributed by atoms with Gasteiger partial charge < -0.3 is 19.0 Å². The fraction of sp³-hybridized carbons (Fsp3) is 0.211. The van der Waals surface area contributed by atoms with Gasteiger partial charge in [-0.25, -0.2) is 4.79 Å². The van der Waals surface area contributed by atoms with Gasteiger partial charge >= 0.3 is 5.69 Å². The third-order valence-electron chi connectivity index (χ3n) is 4.24. The summed E-state index contributed by atoms with van der Waals surface area (Å²) in [7, 11) is 1.61. The number of methoxy groups -OCH3 is 1. The lowest BCUT2D eigenvalue weighted by atomic mass is 10.2. The molecule has 2 aromatic heterocycles. The van der Waals surface area contributed by atoms with Crippen LogP contribution in [-0.4, -0.2) is 26.8 Å². The zero-order chi connectivity index (χ0) is 18.8. The normalized spacial score (nSPS) is 11.0. The van der Waals surface area contributed by atoms with Crippen LogP contribution in [0.4, 0.5) is 0 Å². The van der Waals surface area contributed by atoms with E-state index in [9.17, 15) is 4.79 Å². The molecule has 0 spiro atoms. The number of aromatic nitrogens is 4. The number of nitrogens with zero attached hydrogens (tertiary/aromatic N) is 3. The summed E-state index contributed by atoms with van der Waals surface area (Å²) < 4.78 is 17.7. The van der Waals surface area contributed by atoms with Gasteiger partial charge in [0.05, 0.1) is 18.1 Å². The van der Waals surface area contributed by atoms with Crippen LogP contribution in [0.2, 0.25) is 0 Å². The van der Waals surface area contributed by atoms with E-state index in [1.165, 1.54) is 0 Å². The third-order valence-corrected chi connectivity index (χ3v) is 4.24. The summed E-state index contributed by atoms with van der Waals surface area (Å²) in [6, 6.07) is 12.8. The van der Waals surface area contributed by atoms with Crippen LogP contribution < -0.4 is 15.2 Å². The average molecular weight is 366 g/mol. The second-order valence-corrected chi connectivity index (χ2v) is 5.88. The van der Waals surface area contributed by atoms with Crippen molar-refractivity contribution in [3.05, 3.63) is 58.8 Å². The second-order valence-electron chi connectivity index (χ2n) is 5.88. The first kappa shape index (κ1) is 16.9. The molecule has 0 fully saturated rings. The molecule has 8 nitrogen and oxygen atoms in total. The Bertz CT molecular complexity index is 1120. The summed E-state index contributed by atoms with van der Waals surface area (Å²) in [4.78, 5) is 19.1. The molecule has 8 heteroatoms. The highest BCUT2D eigenvalue weighted by Gasteiger charge is 2.12. The number of aromatic amines is 1. The minimum absolute atomic E-state index is 0.133. The summed E-state index contributed by atoms with van der Waals surface area (Å²) >= 11 is 0. The average Bonchev–Trinajstić information content (AvgIpc) is 3.29. The smallest absolute Gasteiger partial charge is 0.326 e. The molecule has 2 aromatic carbocycles. The summed E-state index contributed by atoms with van der Waals surface area (Å²) in [5.74, 6) is 2.24. The van der Waals surface area contributed by atoms with Crippen LogP contribution in [0.15, 0.2) is 51.8 Å². The molecule has 4 aromatic rings. The van der Waals surface area contributed by atoms with E-state index in [2.05, 4.69) is 15.1 Å². The van der Waals surface area contributed by atoms with E-state index < -0.39 is 0 Å². The molecule has 0 bridgehead atoms. The number of H-pyrrole nitrogens is 1. The van der Waals surface area contributed by atoms with Crippen molar-refractivity contribution in [2.75, 3.05) is 7.11 Å². The first-order valence-electron chi connectivity index (χ1n) is 8.50. The van der Waals surface area contributed by atoms with E-state index in [0.717, 1.165) is 22.3 Å². The molecular formula is C19H18N4O4. The van der Waals surface area contributed by atoms with Gasteiger partial charge in [0, 0.05) is 12.1 Å². The number of hydrogen-bond acceptors (Lipinski definition) is 6. The van der Waals surface area contributed by atoms with E-state index in [1.54, 1.807) is 23.8 Å². The maximum absolute atomic E-state index is 11.9. The lowest BCUT2D eigenvalue weighted by molar-refractivity contribution is 0.242. The zero-order valence-electron chi connectivity index (χ0n) is 14.9. The van der Waals surface area contributed by atoms with E-state index in [0.29, 0.717) is 24.0 Å². The Kier molecular flexibility index (Phi) is 4.37. The quantitative estimate of drug-likeness (QED) is 0.564. The van der Waals surface area contributed by atoms with E-state index in [-0.39, 0.29) is 12.3 Å². The molecule has 0 saturated carbocycles. The van der Waals surface area contributed by atoms with Gasteiger partial charge in [-0.05, 0) is 49.4 Å². The summed E-state index contributed by atoms with van der Waals surface area (Å²) in [6.45, 7) is 2.69. The van der Waals surface area contributed by atoms with Crippen LogP contribution >= 0.6 is 0 Å². The zero-order valence-corrected chi connectivity index (χ0v) is 14.9. The van der Waals surface area contributed by atoms with Gasteiger partial charge in [0.25, 0.3) is 5.89 Å². The number of fused-ring (bicyclic) bond motifs is 1. The van der Waals surface area contributed by atoms with E-state index in [1.807, 2.05) is 37.3 Å². The van der Waals surface area contributed by atoms with Crippen molar-refractivity contribution in [1.82, 2.24) is 19.7 Å². The minimum Gasteiger partial charge on any atom is -0.497 e. The van der Waals surface area contributed by atoms with Crippen LogP contribution in [0.3, 0.4) is 0 Å². The fourth-order valence-corrected chi connectivity index (χ4v) is 2.86. The van der Waals surface area contributed by atoms with Gasteiger partial charge in [-0.2, -0.15) is 4.98 Å². The summed E-state index contributed by atoms with van der Waals surface area (Å²) in [6.07, 6.45) is 0. The molecule has 27 heavy (non-hydrogen) atoms. The topological polar surface area (TPSA) is 95.2 Å². The highest BCUT2D eigenvalue weighted by molar-refractivity contribution is 5.80. The molecule has 138 valence electrons. The SMILES string of the molecule is CCn1c(=O)[nH]c2cc(-c3noc(COc4ccc(OC)cc4)n3)ccc21. The molecule has 2 heterocycles. The minimum atomic E-state index is -0.133. The van der Waals surface area contributed by atoms with Gasteiger partial charge in [-0.1, -0.05) is 5.16 Å². The molecule has 0 aliphatic rings. The predicted octanol–water partition coefficient (Wildman–Crippen LogP) is 2.99. The Balaban J connectivity index is 1.51. The Hall–Kier alpha value is -3.55. The largest absolute Gasteiger partial charge is 0.497 e. The van der Waals surface area contributed by atoms with Gasteiger partial charge in [-0.3, -0.25) is 4.57 Å². The van der Waals surface area contributed by atoms with E-state index in [4.69, 9.17) is 14.0 Å². The van der Waals surface area contributed by atoms with E-state index >= 15 is 0 Å². The summed E-state index contributed by atoms with van der Waals surface area (Å²) in [5, 5.41) is 4.00. The number of nitrogens with one attached hydrogen (secondary N) is 1. The van der Waals surface area contributed by atoms with Crippen LogP contribution in [0, 0.1) is 0 Å². The van der Waals surface area contributed by atoms with Gasteiger partial charge in [0.1, 0.15) is 11.5 Å². The monoisotopic (exact) mass is 366 g/mol. The Morgan fingerprint density at radius 2 is 1.93 bits per heavy atom. The maximum atomic E-state index is 11.9. The third kappa shape index (κ3) is 3.29. The molecule has 0 unspecified atom stereocenters. The first-order valence-corrected chi connectivity index (χ1v) is 8.50. The van der Waals surface area contributed by atoms with Crippen LogP contribution in [-0.2, 0) is 13.2 Å². The van der Waals surface area contributed by atoms with Crippen LogP contribution in [0.5, 0.6) is 11.5 Å².